The van der Waals surface area contributed by atoms with Gasteiger partial charge in [-0.1, -0.05) is 6.07 Å². The first-order valence-corrected chi connectivity index (χ1v) is 6.34. The Morgan fingerprint density at radius 1 is 1.47 bits per heavy atom. The third-order valence-corrected chi connectivity index (χ3v) is 4.04. The van der Waals surface area contributed by atoms with Crippen molar-refractivity contribution in [3.05, 3.63) is 28.8 Å². The molecule has 1 N–H and O–H groups in total. The van der Waals surface area contributed by atoms with Crippen molar-refractivity contribution < 1.29 is 4.74 Å². The first kappa shape index (κ1) is 10.8. The lowest BCUT2D eigenvalue weighted by atomic mass is 9.96. The van der Waals surface area contributed by atoms with Gasteiger partial charge in [-0.25, -0.2) is 0 Å². The van der Waals surface area contributed by atoms with E-state index in [4.69, 9.17) is 4.74 Å². The smallest absolute Gasteiger partial charge is 0.123 e. The molecule has 0 bridgehead atoms. The van der Waals surface area contributed by atoms with Crippen molar-refractivity contribution in [3.63, 3.8) is 0 Å². The van der Waals surface area contributed by atoms with Gasteiger partial charge in [-0.15, -0.1) is 0 Å². The summed E-state index contributed by atoms with van der Waals surface area (Å²) in [5, 5.41) is 3.38. The summed E-state index contributed by atoms with van der Waals surface area (Å²) in [6.07, 6.45) is 0. The molecule has 1 atom stereocenters. The minimum absolute atomic E-state index is 0.467. The van der Waals surface area contributed by atoms with Gasteiger partial charge in [0, 0.05) is 23.1 Å². The predicted molar refractivity (Wildman–Crippen MR) is 65.7 cm³/mol. The maximum absolute atomic E-state index is 5.42. The van der Waals surface area contributed by atoms with Crippen molar-refractivity contribution in [3.8, 4) is 5.75 Å². The standard InChI is InChI=1S/C12H17NOS/c1-8-4-5-11(14-3)9-6-15-7-10(13-2)12(8)9/h4-5,10,13H,6-7H2,1-3H3. The largest absolute Gasteiger partial charge is 0.496 e. The Labute approximate surface area is 95.4 Å². The van der Waals surface area contributed by atoms with E-state index in [2.05, 4.69) is 24.4 Å². The van der Waals surface area contributed by atoms with Gasteiger partial charge >= 0.3 is 0 Å². The van der Waals surface area contributed by atoms with E-state index < -0.39 is 0 Å². The number of hydrogen-bond donors (Lipinski definition) is 1. The fraction of sp³-hybridized carbons (Fsp3) is 0.500. The van der Waals surface area contributed by atoms with Crippen LogP contribution in [-0.4, -0.2) is 19.9 Å². The van der Waals surface area contributed by atoms with E-state index >= 15 is 0 Å². The first-order valence-electron chi connectivity index (χ1n) is 5.19. The van der Waals surface area contributed by atoms with Gasteiger partial charge < -0.3 is 10.1 Å². The highest BCUT2D eigenvalue weighted by Crippen LogP contribution is 2.38. The Morgan fingerprint density at radius 3 is 2.93 bits per heavy atom. The van der Waals surface area contributed by atoms with Crippen LogP contribution in [0.3, 0.4) is 0 Å². The van der Waals surface area contributed by atoms with Gasteiger partial charge in [-0.3, -0.25) is 0 Å². The molecule has 1 aromatic rings. The summed E-state index contributed by atoms with van der Waals surface area (Å²) in [7, 11) is 3.78. The van der Waals surface area contributed by atoms with Crippen molar-refractivity contribution in [2.45, 2.75) is 18.7 Å². The molecule has 1 aliphatic rings. The van der Waals surface area contributed by atoms with Gasteiger partial charge in [0.1, 0.15) is 5.75 Å². The number of hydrogen-bond acceptors (Lipinski definition) is 3. The van der Waals surface area contributed by atoms with Crippen molar-refractivity contribution in [2.75, 3.05) is 19.9 Å². The second-order valence-electron chi connectivity index (χ2n) is 3.83. The van der Waals surface area contributed by atoms with Crippen LogP contribution in [0.5, 0.6) is 5.75 Å². The molecule has 0 aliphatic carbocycles. The molecule has 0 radical (unpaired) electrons. The number of benzene rings is 1. The number of aryl methyl sites for hydroxylation is 1. The summed E-state index contributed by atoms with van der Waals surface area (Å²) in [6.45, 7) is 2.18. The molecule has 1 heterocycles. The lowest BCUT2D eigenvalue weighted by Gasteiger charge is -2.28. The van der Waals surface area contributed by atoms with Gasteiger partial charge in [0.05, 0.1) is 7.11 Å². The lowest BCUT2D eigenvalue weighted by molar-refractivity contribution is 0.409. The quantitative estimate of drug-likeness (QED) is 0.832. The van der Waals surface area contributed by atoms with Crippen molar-refractivity contribution >= 4 is 11.8 Å². The van der Waals surface area contributed by atoms with Gasteiger partial charge in [0.2, 0.25) is 0 Å². The number of fused-ring (bicyclic) bond motifs is 1. The molecule has 1 aliphatic heterocycles. The molecular weight excluding hydrogens is 206 g/mol. The Balaban J connectivity index is 2.53. The third kappa shape index (κ3) is 1.86. The molecule has 0 spiro atoms. The molecule has 3 heteroatoms. The Hall–Kier alpha value is -0.670. The van der Waals surface area contributed by atoms with Gasteiger partial charge in [0.15, 0.2) is 0 Å². The van der Waals surface area contributed by atoms with Gasteiger partial charge in [0.25, 0.3) is 0 Å². The molecule has 0 amide bonds. The Kier molecular flexibility index (Phi) is 3.22. The Morgan fingerprint density at radius 2 is 2.27 bits per heavy atom. The van der Waals surface area contributed by atoms with Gasteiger partial charge in [-0.2, -0.15) is 11.8 Å². The molecule has 82 valence electrons. The van der Waals surface area contributed by atoms with Crippen molar-refractivity contribution in [1.29, 1.82) is 0 Å². The maximum Gasteiger partial charge on any atom is 0.123 e. The zero-order chi connectivity index (χ0) is 10.8. The number of nitrogens with one attached hydrogen (secondary N) is 1. The number of ether oxygens (including phenoxy) is 1. The molecule has 1 aromatic carbocycles. The topological polar surface area (TPSA) is 21.3 Å². The summed E-state index contributed by atoms with van der Waals surface area (Å²) in [5.41, 5.74) is 4.18. The highest BCUT2D eigenvalue weighted by molar-refractivity contribution is 7.98. The monoisotopic (exact) mass is 223 g/mol. The molecule has 0 aromatic heterocycles. The van der Waals surface area contributed by atoms with Crippen LogP contribution in [0, 0.1) is 6.92 Å². The van der Waals surface area contributed by atoms with Crippen LogP contribution in [-0.2, 0) is 5.75 Å². The lowest BCUT2D eigenvalue weighted by Crippen LogP contribution is -2.24. The number of methoxy groups -OCH3 is 1. The van der Waals surface area contributed by atoms with Crippen molar-refractivity contribution in [2.24, 2.45) is 0 Å². The average molecular weight is 223 g/mol. The minimum atomic E-state index is 0.467. The summed E-state index contributed by atoms with van der Waals surface area (Å²) < 4.78 is 5.42. The predicted octanol–water partition coefficient (Wildman–Crippen LogP) is 2.51. The molecule has 2 rings (SSSR count). The van der Waals surface area contributed by atoms with Crippen LogP contribution in [0.2, 0.25) is 0 Å². The molecule has 2 nitrogen and oxygen atoms in total. The van der Waals surface area contributed by atoms with E-state index in [1.165, 1.54) is 16.7 Å². The molecule has 15 heavy (non-hydrogen) atoms. The zero-order valence-electron chi connectivity index (χ0n) is 9.46. The summed E-state index contributed by atoms with van der Waals surface area (Å²) in [5.74, 6) is 3.25. The fourth-order valence-electron chi connectivity index (χ4n) is 2.18. The summed E-state index contributed by atoms with van der Waals surface area (Å²) in [4.78, 5) is 0. The number of thioether (sulfide) groups is 1. The molecule has 0 saturated carbocycles. The molecule has 0 saturated heterocycles. The summed E-state index contributed by atoms with van der Waals surface area (Å²) in [6, 6.07) is 4.69. The van der Waals surface area contributed by atoms with Gasteiger partial charge in [-0.05, 0) is 31.2 Å². The van der Waals surface area contributed by atoms with Crippen molar-refractivity contribution in [1.82, 2.24) is 5.32 Å². The van der Waals surface area contributed by atoms with Crippen LogP contribution < -0.4 is 10.1 Å². The summed E-state index contributed by atoms with van der Waals surface area (Å²) >= 11 is 1.97. The highest BCUT2D eigenvalue weighted by Gasteiger charge is 2.23. The Bertz CT molecular complexity index is 365. The minimum Gasteiger partial charge on any atom is -0.496 e. The SMILES string of the molecule is CNC1CSCc2c(OC)ccc(C)c21. The maximum atomic E-state index is 5.42. The first-order chi connectivity index (χ1) is 7.27. The number of rotatable bonds is 2. The van der Waals surface area contributed by atoms with Crippen LogP contribution in [0.25, 0.3) is 0 Å². The molecule has 0 fully saturated rings. The molecular formula is C12H17NOS. The average Bonchev–Trinajstić information content (AvgIpc) is 2.29. The highest BCUT2D eigenvalue weighted by atomic mass is 32.2. The van der Waals surface area contributed by atoms with Crippen LogP contribution >= 0.6 is 11.8 Å². The van der Waals surface area contributed by atoms with Crippen LogP contribution in [0.4, 0.5) is 0 Å². The molecule has 1 unspecified atom stereocenters. The zero-order valence-corrected chi connectivity index (χ0v) is 10.3. The van der Waals surface area contributed by atoms with E-state index in [0.29, 0.717) is 6.04 Å². The van der Waals surface area contributed by atoms with E-state index in [1.54, 1.807) is 7.11 Å². The fourth-order valence-corrected chi connectivity index (χ4v) is 3.37. The van der Waals surface area contributed by atoms with E-state index in [9.17, 15) is 0 Å². The van der Waals surface area contributed by atoms with Crippen LogP contribution in [0.15, 0.2) is 12.1 Å². The van der Waals surface area contributed by atoms with E-state index in [1.807, 2.05) is 18.8 Å². The van der Waals surface area contributed by atoms with E-state index in [0.717, 1.165) is 17.3 Å². The van der Waals surface area contributed by atoms with Crippen LogP contribution in [0.1, 0.15) is 22.7 Å². The third-order valence-electron chi connectivity index (χ3n) is 2.98. The second kappa shape index (κ2) is 4.45. The normalized spacial score (nSPS) is 19.8. The van der Waals surface area contributed by atoms with E-state index in [-0.39, 0.29) is 0 Å². The second-order valence-corrected chi connectivity index (χ2v) is 4.86.